The molecule has 0 fully saturated rings. The maximum Gasteiger partial charge on any atom is 0.127 e. The molecule has 1 aromatic heterocycles. The molecule has 15 heavy (non-hydrogen) atoms. The molecule has 2 aromatic rings. The lowest BCUT2D eigenvalue weighted by atomic mass is 10.2. The number of aryl methyl sites for hydroxylation is 2. The van der Waals surface area contributed by atoms with Gasteiger partial charge in [0.15, 0.2) is 0 Å². The van der Waals surface area contributed by atoms with Crippen LogP contribution in [0.15, 0.2) is 28.9 Å². The summed E-state index contributed by atoms with van der Waals surface area (Å²) in [5.74, 6) is 0. The quantitative estimate of drug-likeness (QED) is 0.831. The number of nitrogens with zero attached hydrogens (tertiary/aromatic N) is 2. The molecular formula is C11H13N3O. The van der Waals surface area contributed by atoms with Gasteiger partial charge in [0.05, 0.1) is 6.54 Å². The van der Waals surface area contributed by atoms with Crippen molar-refractivity contribution in [2.45, 2.75) is 20.4 Å². The van der Waals surface area contributed by atoms with E-state index in [1.807, 2.05) is 19.1 Å². The third kappa shape index (κ3) is 2.34. The first-order valence-electron chi connectivity index (χ1n) is 4.84. The third-order valence-electron chi connectivity index (χ3n) is 2.26. The van der Waals surface area contributed by atoms with E-state index in [9.17, 15) is 0 Å². The molecule has 0 atom stereocenters. The topological polar surface area (TPSA) is 51.0 Å². The van der Waals surface area contributed by atoms with E-state index in [4.69, 9.17) is 0 Å². The van der Waals surface area contributed by atoms with Crippen LogP contribution in [0.4, 0.5) is 5.69 Å². The van der Waals surface area contributed by atoms with Crippen molar-refractivity contribution in [2.75, 3.05) is 5.32 Å². The van der Waals surface area contributed by atoms with E-state index in [2.05, 4.69) is 39.3 Å². The minimum atomic E-state index is 0.637. The second-order valence-electron chi connectivity index (χ2n) is 3.52. The van der Waals surface area contributed by atoms with Crippen molar-refractivity contribution in [3.05, 3.63) is 41.2 Å². The fraction of sp³-hybridized carbons (Fsp3) is 0.273. The summed E-state index contributed by atoms with van der Waals surface area (Å²) in [4.78, 5) is 0. The lowest BCUT2D eigenvalue weighted by molar-refractivity contribution is 0.301. The number of hydrogen-bond acceptors (Lipinski definition) is 4. The standard InChI is InChI=1S/C11H13N3O/c1-8-3-5-10(6-4-8)12-7-11-9(2)13-15-14-11/h3-6,12H,7H2,1-2H3. The Kier molecular flexibility index (Phi) is 2.67. The molecule has 1 aromatic carbocycles. The molecule has 1 heterocycles. The Morgan fingerprint density at radius 2 is 1.87 bits per heavy atom. The summed E-state index contributed by atoms with van der Waals surface area (Å²) in [6.45, 7) is 4.58. The Morgan fingerprint density at radius 1 is 1.13 bits per heavy atom. The van der Waals surface area contributed by atoms with E-state index in [1.165, 1.54) is 5.56 Å². The number of benzene rings is 1. The zero-order valence-corrected chi connectivity index (χ0v) is 8.82. The number of hydrogen-bond donors (Lipinski definition) is 1. The van der Waals surface area contributed by atoms with Crippen LogP contribution >= 0.6 is 0 Å². The fourth-order valence-electron chi connectivity index (χ4n) is 1.27. The average molecular weight is 203 g/mol. The Morgan fingerprint density at radius 3 is 2.47 bits per heavy atom. The van der Waals surface area contributed by atoms with Crippen LogP contribution in [0.3, 0.4) is 0 Å². The molecule has 0 aliphatic carbocycles. The summed E-state index contributed by atoms with van der Waals surface area (Å²) >= 11 is 0. The Balaban J connectivity index is 1.99. The van der Waals surface area contributed by atoms with Gasteiger partial charge >= 0.3 is 0 Å². The first-order chi connectivity index (χ1) is 7.25. The number of nitrogens with one attached hydrogen (secondary N) is 1. The molecule has 1 N–H and O–H groups in total. The highest BCUT2D eigenvalue weighted by molar-refractivity contribution is 5.44. The SMILES string of the molecule is Cc1ccc(NCc2nonc2C)cc1. The fourth-order valence-corrected chi connectivity index (χ4v) is 1.27. The summed E-state index contributed by atoms with van der Waals surface area (Å²) < 4.78 is 4.61. The highest BCUT2D eigenvalue weighted by atomic mass is 16.6. The van der Waals surface area contributed by atoms with Gasteiger partial charge in [-0.3, -0.25) is 0 Å². The largest absolute Gasteiger partial charge is 0.379 e. The maximum atomic E-state index is 4.61. The molecule has 78 valence electrons. The predicted octanol–water partition coefficient (Wildman–Crippen LogP) is 2.30. The van der Waals surface area contributed by atoms with Gasteiger partial charge in [-0.25, -0.2) is 4.63 Å². The molecule has 0 aliphatic heterocycles. The van der Waals surface area contributed by atoms with Crippen LogP contribution in [0.2, 0.25) is 0 Å². The first kappa shape index (κ1) is 9.71. The van der Waals surface area contributed by atoms with Crippen LogP contribution in [0, 0.1) is 13.8 Å². The van der Waals surface area contributed by atoms with Gasteiger partial charge in [-0.05, 0) is 26.0 Å². The summed E-state index contributed by atoms with van der Waals surface area (Å²) in [5.41, 5.74) is 3.99. The minimum absolute atomic E-state index is 0.637. The zero-order valence-electron chi connectivity index (χ0n) is 8.82. The highest BCUT2D eigenvalue weighted by Gasteiger charge is 2.03. The summed E-state index contributed by atoms with van der Waals surface area (Å²) in [7, 11) is 0. The van der Waals surface area contributed by atoms with Crippen LogP contribution in [-0.2, 0) is 6.54 Å². The van der Waals surface area contributed by atoms with Crippen molar-refractivity contribution in [3.63, 3.8) is 0 Å². The van der Waals surface area contributed by atoms with Gasteiger partial charge in [0.2, 0.25) is 0 Å². The monoisotopic (exact) mass is 203 g/mol. The van der Waals surface area contributed by atoms with E-state index >= 15 is 0 Å². The summed E-state index contributed by atoms with van der Waals surface area (Å²) in [6.07, 6.45) is 0. The Hall–Kier alpha value is -1.84. The van der Waals surface area contributed by atoms with Gasteiger partial charge in [-0.2, -0.15) is 0 Å². The molecule has 2 rings (SSSR count). The number of aromatic nitrogens is 2. The van der Waals surface area contributed by atoms with Gasteiger partial charge in [-0.15, -0.1) is 0 Å². The van der Waals surface area contributed by atoms with Crippen LogP contribution in [-0.4, -0.2) is 10.3 Å². The molecule has 0 bridgehead atoms. The van der Waals surface area contributed by atoms with Crippen molar-refractivity contribution < 1.29 is 4.63 Å². The molecule has 0 saturated heterocycles. The number of rotatable bonds is 3. The normalized spacial score (nSPS) is 10.3. The molecule has 0 saturated carbocycles. The van der Waals surface area contributed by atoms with Gasteiger partial charge in [0.25, 0.3) is 0 Å². The van der Waals surface area contributed by atoms with Crippen molar-refractivity contribution in [1.82, 2.24) is 10.3 Å². The van der Waals surface area contributed by atoms with E-state index in [0.29, 0.717) is 6.54 Å². The lowest BCUT2D eigenvalue weighted by Crippen LogP contribution is -2.01. The van der Waals surface area contributed by atoms with Crippen molar-refractivity contribution in [2.24, 2.45) is 0 Å². The van der Waals surface area contributed by atoms with Crippen molar-refractivity contribution in [3.8, 4) is 0 Å². The van der Waals surface area contributed by atoms with Crippen molar-refractivity contribution in [1.29, 1.82) is 0 Å². The molecule has 0 unspecified atom stereocenters. The second-order valence-corrected chi connectivity index (χ2v) is 3.52. The van der Waals surface area contributed by atoms with Gasteiger partial charge in [0.1, 0.15) is 11.4 Å². The molecule has 0 spiro atoms. The average Bonchev–Trinajstić information content (AvgIpc) is 2.63. The molecule has 0 aliphatic rings. The Bertz CT molecular complexity index is 433. The molecule has 0 radical (unpaired) electrons. The molecule has 0 amide bonds. The number of anilines is 1. The molecule has 4 nitrogen and oxygen atoms in total. The molecule has 4 heteroatoms. The van der Waals surface area contributed by atoms with Crippen LogP contribution < -0.4 is 5.32 Å². The van der Waals surface area contributed by atoms with Gasteiger partial charge < -0.3 is 5.32 Å². The van der Waals surface area contributed by atoms with E-state index in [-0.39, 0.29) is 0 Å². The first-order valence-corrected chi connectivity index (χ1v) is 4.84. The highest BCUT2D eigenvalue weighted by Crippen LogP contribution is 2.10. The minimum Gasteiger partial charge on any atom is -0.379 e. The predicted molar refractivity (Wildman–Crippen MR) is 57.5 cm³/mol. The summed E-state index contributed by atoms with van der Waals surface area (Å²) in [6, 6.07) is 8.21. The van der Waals surface area contributed by atoms with Crippen molar-refractivity contribution >= 4 is 5.69 Å². The summed E-state index contributed by atoms with van der Waals surface area (Å²) in [5, 5.41) is 10.8. The maximum absolute atomic E-state index is 4.61. The third-order valence-corrected chi connectivity index (χ3v) is 2.26. The van der Waals surface area contributed by atoms with Gasteiger partial charge in [-0.1, -0.05) is 28.0 Å². The smallest absolute Gasteiger partial charge is 0.127 e. The molecular weight excluding hydrogens is 190 g/mol. The van der Waals surface area contributed by atoms with E-state index < -0.39 is 0 Å². The van der Waals surface area contributed by atoms with Crippen LogP contribution in [0.5, 0.6) is 0 Å². The zero-order chi connectivity index (χ0) is 10.7. The van der Waals surface area contributed by atoms with E-state index in [1.54, 1.807) is 0 Å². The van der Waals surface area contributed by atoms with E-state index in [0.717, 1.165) is 17.1 Å². The second kappa shape index (κ2) is 4.13. The Labute approximate surface area is 88.3 Å². The van der Waals surface area contributed by atoms with Gasteiger partial charge in [0, 0.05) is 5.69 Å². The lowest BCUT2D eigenvalue weighted by Gasteiger charge is -2.03. The van der Waals surface area contributed by atoms with Crippen LogP contribution in [0.1, 0.15) is 17.0 Å². The van der Waals surface area contributed by atoms with Crippen LogP contribution in [0.25, 0.3) is 0 Å².